The van der Waals surface area contributed by atoms with Crippen LogP contribution in [0, 0.1) is 6.92 Å². The standard InChI is InChI=1S/C21H20Cl2N2O5S/c1-13-14-12-18(21(26)27)30-17(14)7-6-16(13)24-8-3-9-25(11-10-24)31(28,29)19-5-2-4-15(22)20(19)23/h2,4-7,12H,3,8-11H2,1H3,(H,26,27). The number of sulfonamides is 1. The van der Waals surface area contributed by atoms with Gasteiger partial charge in [0.2, 0.25) is 15.8 Å². The highest BCUT2D eigenvalue weighted by molar-refractivity contribution is 7.89. The fraction of sp³-hybridized carbons (Fsp3) is 0.286. The van der Waals surface area contributed by atoms with Gasteiger partial charge in [-0.25, -0.2) is 13.2 Å². The van der Waals surface area contributed by atoms with Gasteiger partial charge in [-0.1, -0.05) is 29.3 Å². The van der Waals surface area contributed by atoms with E-state index in [9.17, 15) is 18.3 Å². The number of carboxylic acids is 1. The zero-order chi connectivity index (χ0) is 22.3. The number of hydrogen-bond acceptors (Lipinski definition) is 5. The lowest BCUT2D eigenvalue weighted by atomic mass is 10.1. The number of benzene rings is 2. The number of halogens is 2. The summed E-state index contributed by atoms with van der Waals surface area (Å²) >= 11 is 12.2. The molecule has 164 valence electrons. The van der Waals surface area contributed by atoms with Gasteiger partial charge in [0.05, 0.1) is 10.0 Å². The summed E-state index contributed by atoms with van der Waals surface area (Å²) in [4.78, 5) is 13.3. The molecular formula is C21H20Cl2N2O5S. The Bertz CT molecular complexity index is 1270. The first kappa shape index (κ1) is 22.0. The van der Waals surface area contributed by atoms with Crippen molar-refractivity contribution in [3.63, 3.8) is 0 Å². The summed E-state index contributed by atoms with van der Waals surface area (Å²) in [5.41, 5.74) is 2.32. The average molecular weight is 483 g/mol. The lowest BCUT2D eigenvalue weighted by Gasteiger charge is -2.25. The van der Waals surface area contributed by atoms with Crippen LogP contribution in [0.25, 0.3) is 11.0 Å². The molecule has 1 saturated heterocycles. The lowest BCUT2D eigenvalue weighted by molar-refractivity contribution is 0.0665. The predicted octanol–water partition coefficient (Wildman–Crippen LogP) is 4.65. The summed E-state index contributed by atoms with van der Waals surface area (Å²) in [5, 5.41) is 10.1. The molecule has 1 aliphatic rings. The number of carboxylic acid groups (broad SMARTS) is 1. The van der Waals surface area contributed by atoms with Crippen molar-refractivity contribution in [2.24, 2.45) is 0 Å². The number of aromatic carboxylic acids is 1. The minimum Gasteiger partial charge on any atom is -0.475 e. The maximum Gasteiger partial charge on any atom is 0.371 e. The fourth-order valence-electron chi connectivity index (χ4n) is 3.88. The Kier molecular flexibility index (Phi) is 5.91. The number of furan rings is 1. The van der Waals surface area contributed by atoms with Crippen LogP contribution in [0.15, 0.2) is 45.7 Å². The van der Waals surface area contributed by atoms with E-state index >= 15 is 0 Å². The SMILES string of the molecule is Cc1c(N2CCCN(S(=O)(=O)c3cccc(Cl)c3Cl)CC2)ccc2oc(C(=O)O)cc12. The Morgan fingerprint density at radius 1 is 1.10 bits per heavy atom. The molecule has 1 fully saturated rings. The number of hydrogen-bond donors (Lipinski definition) is 1. The predicted molar refractivity (Wildman–Crippen MR) is 120 cm³/mol. The van der Waals surface area contributed by atoms with Gasteiger partial charge < -0.3 is 14.4 Å². The molecule has 4 rings (SSSR count). The van der Waals surface area contributed by atoms with E-state index in [1.807, 2.05) is 13.0 Å². The third-order valence-electron chi connectivity index (χ3n) is 5.48. The van der Waals surface area contributed by atoms with Crippen molar-refractivity contribution < 1.29 is 22.7 Å². The van der Waals surface area contributed by atoms with Gasteiger partial charge in [0.25, 0.3) is 0 Å². The Morgan fingerprint density at radius 3 is 2.61 bits per heavy atom. The van der Waals surface area contributed by atoms with E-state index in [2.05, 4.69) is 4.90 Å². The molecule has 0 amide bonds. The highest BCUT2D eigenvalue weighted by atomic mass is 35.5. The van der Waals surface area contributed by atoms with Crippen LogP contribution in [0.2, 0.25) is 10.0 Å². The van der Waals surface area contributed by atoms with E-state index in [4.69, 9.17) is 27.6 Å². The number of anilines is 1. The van der Waals surface area contributed by atoms with Crippen molar-refractivity contribution in [2.75, 3.05) is 31.1 Å². The minimum absolute atomic E-state index is 0.00677. The Balaban J connectivity index is 1.60. The van der Waals surface area contributed by atoms with Crippen LogP contribution < -0.4 is 4.90 Å². The van der Waals surface area contributed by atoms with Gasteiger partial charge in [-0.2, -0.15) is 4.31 Å². The molecule has 1 aliphatic heterocycles. The molecule has 0 bridgehead atoms. The van der Waals surface area contributed by atoms with Gasteiger partial charge in [0, 0.05) is 37.3 Å². The Hall–Kier alpha value is -2.26. The van der Waals surface area contributed by atoms with E-state index in [0.29, 0.717) is 31.6 Å². The summed E-state index contributed by atoms with van der Waals surface area (Å²) in [7, 11) is -3.79. The maximum absolute atomic E-state index is 13.2. The lowest BCUT2D eigenvalue weighted by Crippen LogP contribution is -2.35. The molecule has 2 aromatic carbocycles. The van der Waals surface area contributed by atoms with Gasteiger partial charge in [0.15, 0.2) is 0 Å². The van der Waals surface area contributed by atoms with Crippen LogP contribution in [0.3, 0.4) is 0 Å². The zero-order valence-electron chi connectivity index (χ0n) is 16.6. The summed E-state index contributed by atoms with van der Waals surface area (Å²) in [6, 6.07) is 9.73. The van der Waals surface area contributed by atoms with Gasteiger partial charge in [-0.05, 0) is 49.2 Å². The molecular weight excluding hydrogens is 463 g/mol. The van der Waals surface area contributed by atoms with Gasteiger partial charge >= 0.3 is 5.97 Å². The van der Waals surface area contributed by atoms with Crippen LogP contribution in [-0.4, -0.2) is 50.0 Å². The van der Waals surface area contributed by atoms with Gasteiger partial charge in [0.1, 0.15) is 10.5 Å². The Labute approximate surface area is 189 Å². The first-order valence-corrected chi connectivity index (χ1v) is 11.9. The topological polar surface area (TPSA) is 91.1 Å². The highest BCUT2D eigenvalue weighted by Gasteiger charge is 2.30. The third kappa shape index (κ3) is 4.01. The van der Waals surface area contributed by atoms with Crippen LogP contribution in [-0.2, 0) is 10.0 Å². The monoisotopic (exact) mass is 482 g/mol. The quantitative estimate of drug-likeness (QED) is 0.581. The number of rotatable bonds is 4. The molecule has 31 heavy (non-hydrogen) atoms. The van der Waals surface area contributed by atoms with Crippen LogP contribution in [0.5, 0.6) is 0 Å². The largest absolute Gasteiger partial charge is 0.475 e. The van der Waals surface area contributed by atoms with Gasteiger partial charge in [-0.15, -0.1) is 0 Å². The van der Waals surface area contributed by atoms with E-state index < -0.39 is 16.0 Å². The molecule has 7 nitrogen and oxygen atoms in total. The van der Waals surface area contributed by atoms with Crippen LogP contribution in [0.1, 0.15) is 22.5 Å². The molecule has 10 heteroatoms. The fourth-order valence-corrected chi connectivity index (χ4v) is 6.09. The molecule has 0 atom stereocenters. The second kappa shape index (κ2) is 8.35. The minimum atomic E-state index is -3.79. The molecule has 2 heterocycles. The molecule has 0 unspecified atom stereocenters. The highest BCUT2D eigenvalue weighted by Crippen LogP contribution is 2.33. The molecule has 0 radical (unpaired) electrons. The second-order valence-corrected chi connectivity index (χ2v) is 10.0. The van der Waals surface area contributed by atoms with Crippen molar-refractivity contribution in [2.45, 2.75) is 18.2 Å². The molecule has 3 aromatic rings. The zero-order valence-corrected chi connectivity index (χ0v) is 19.0. The summed E-state index contributed by atoms with van der Waals surface area (Å²) in [5.74, 6) is -1.23. The summed E-state index contributed by atoms with van der Waals surface area (Å²) in [6.07, 6.45) is 0.626. The van der Waals surface area contributed by atoms with Crippen molar-refractivity contribution in [1.82, 2.24) is 4.31 Å². The molecule has 0 aliphatic carbocycles. The molecule has 0 spiro atoms. The van der Waals surface area contributed by atoms with Crippen LogP contribution >= 0.6 is 23.2 Å². The second-order valence-electron chi connectivity index (χ2n) is 7.33. The number of carbonyl (C=O) groups is 1. The van der Waals surface area contributed by atoms with E-state index in [0.717, 1.165) is 16.6 Å². The normalized spacial score (nSPS) is 15.9. The van der Waals surface area contributed by atoms with E-state index in [1.165, 1.54) is 16.4 Å². The summed E-state index contributed by atoms with van der Waals surface area (Å²) < 4.78 is 33.1. The first-order chi connectivity index (χ1) is 14.7. The smallest absolute Gasteiger partial charge is 0.371 e. The van der Waals surface area contributed by atoms with Crippen molar-refractivity contribution in [1.29, 1.82) is 0 Å². The van der Waals surface area contributed by atoms with Crippen molar-refractivity contribution in [3.05, 3.63) is 57.8 Å². The summed E-state index contributed by atoms with van der Waals surface area (Å²) in [6.45, 7) is 3.69. The Morgan fingerprint density at radius 2 is 1.87 bits per heavy atom. The number of aryl methyl sites for hydroxylation is 1. The van der Waals surface area contributed by atoms with E-state index in [-0.39, 0.29) is 27.2 Å². The van der Waals surface area contributed by atoms with E-state index in [1.54, 1.807) is 18.2 Å². The third-order valence-corrected chi connectivity index (χ3v) is 8.35. The number of nitrogens with zero attached hydrogens (tertiary/aromatic N) is 2. The first-order valence-electron chi connectivity index (χ1n) is 9.65. The van der Waals surface area contributed by atoms with Crippen molar-refractivity contribution in [3.8, 4) is 0 Å². The maximum atomic E-state index is 13.2. The van der Waals surface area contributed by atoms with Gasteiger partial charge in [-0.3, -0.25) is 0 Å². The van der Waals surface area contributed by atoms with Crippen molar-refractivity contribution >= 4 is 55.9 Å². The van der Waals surface area contributed by atoms with Crippen LogP contribution in [0.4, 0.5) is 5.69 Å². The number of fused-ring (bicyclic) bond motifs is 1. The molecule has 1 aromatic heterocycles. The molecule has 0 saturated carbocycles. The molecule has 1 N–H and O–H groups in total. The average Bonchev–Trinajstić information content (AvgIpc) is 3.02.